The maximum absolute atomic E-state index is 11.8. The third-order valence-corrected chi connectivity index (χ3v) is 2.90. The Balaban J connectivity index is 1.91. The Morgan fingerprint density at radius 2 is 2.00 bits per heavy atom. The lowest BCUT2D eigenvalue weighted by Crippen LogP contribution is -2.24. The number of amides is 1. The minimum absolute atomic E-state index is 0.142. The van der Waals surface area contributed by atoms with Crippen molar-refractivity contribution in [3.63, 3.8) is 0 Å². The van der Waals surface area contributed by atoms with Gasteiger partial charge in [0.25, 0.3) is 0 Å². The zero-order valence-electron chi connectivity index (χ0n) is 11.0. The van der Waals surface area contributed by atoms with Crippen LogP contribution in [0.3, 0.4) is 0 Å². The van der Waals surface area contributed by atoms with E-state index in [0.29, 0.717) is 17.8 Å². The van der Waals surface area contributed by atoms with Crippen molar-refractivity contribution in [3.05, 3.63) is 52.7 Å². The number of aromatic nitrogens is 2. The van der Waals surface area contributed by atoms with E-state index >= 15 is 0 Å². The molecule has 0 aliphatic carbocycles. The molecule has 0 spiro atoms. The van der Waals surface area contributed by atoms with Gasteiger partial charge in [0.15, 0.2) is 0 Å². The lowest BCUT2D eigenvalue weighted by atomic mass is 10.2. The largest absolute Gasteiger partial charge is 0.327 e. The average Bonchev–Trinajstić information content (AvgIpc) is 2.77. The summed E-state index contributed by atoms with van der Waals surface area (Å²) in [5.41, 5.74) is 1.03. The van der Waals surface area contributed by atoms with Crippen molar-refractivity contribution in [2.75, 3.05) is 5.32 Å². The van der Waals surface area contributed by atoms with Crippen LogP contribution in [0.25, 0.3) is 0 Å². The first kappa shape index (κ1) is 13.6. The summed E-state index contributed by atoms with van der Waals surface area (Å²) < 4.78 is 2.94. The van der Waals surface area contributed by atoms with Crippen LogP contribution in [0.2, 0.25) is 0 Å². The summed E-state index contributed by atoms with van der Waals surface area (Å²) in [5, 5.41) is 11.4. The SMILES string of the molecule is Cn1ccn(CCC(=O)Nc2ccc(C#N)cc2)c1=O. The molecule has 20 heavy (non-hydrogen) atoms. The number of hydrogen-bond acceptors (Lipinski definition) is 3. The number of aryl methyl sites for hydroxylation is 2. The molecule has 1 aromatic heterocycles. The second-order valence-corrected chi connectivity index (χ2v) is 4.37. The fraction of sp³-hybridized carbons (Fsp3) is 0.214. The molecule has 0 atom stereocenters. The number of nitriles is 1. The van der Waals surface area contributed by atoms with Crippen LogP contribution in [-0.2, 0) is 18.4 Å². The van der Waals surface area contributed by atoms with Crippen molar-refractivity contribution in [1.82, 2.24) is 9.13 Å². The highest BCUT2D eigenvalue weighted by Gasteiger charge is 2.05. The van der Waals surface area contributed by atoms with Gasteiger partial charge in [0.1, 0.15) is 0 Å². The first-order chi connectivity index (χ1) is 9.60. The number of rotatable bonds is 4. The van der Waals surface area contributed by atoms with E-state index in [1.807, 2.05) is 6.07 Å². The Morgan fingerprint density at radius 1 is 1.30 bits per heavy atom. The lowest BCUT2D eigenvalue weighted by Gasteiger charge is -2.05. The minimum Gasteiger partial charge on any atom is -0.326 e. The fourth-order valence-corrected chi connectivity index (χ4v) is 1.75. The number of imidazole rings is 1. The van der Waals surface area contributed by atoms with E-state index in [2.05, 4.69) is 5.32 Å². The highest BCUT2D eigenvalue weighted by atomic mass is 16.2. The Hall–Kier alpha value is -2.81. The molecule has 0 fully saturated rings. The summed E-state index contributed by atoms with van der Waals surface area (Å²) in [6.45, 7) is 0.335. The summed E-state index contributed by atoms with van der Waals surface area (Å²) in [6, 6.07) is 8.63. The Labute approximate surface area is 115 Å². The number of nitrogens with zero attached hydrogens (tertiary/aromatic N) is 3. The van der Waals surface area contributed by atoms with E-state index in [1.54, 1.807) is 43.7 Å². The number of hydrogen-bond donors (Lipinski definition) is 1. The van der Waals surface area contributed by atoms with Crippen molar-refractivity contribution < 1.29 is 4.79 Å². The van der Waals surface area contributed by atoms with Gasteiger partial charge in [0.05, 0.1) is 11.6 Å². The standard InChI is InChI=1S/C14H14N4O2/c1-17-8-9-18(14(17)20)7-6-13(19)16-12-4-2-11(10-15)3-5-12/h2-5,8-9H,6-7H2,1H3,(H,16,19). The molecule has 0 unspecified atom stereocenters. The predicted octanol–water partition coefficient (Wildman–Crippen LogP) is 1.09. The molecular formula is C14H14N4O2. The molecule has 6 heteroatoms. The zero-order chi connectivity index (χ0) is 14.5. The fourth-order valence-electron chi connectivity index (χ4n) is 1.75. The van der Waals surface area contributed by atoms with E-state index in [1.165, 1.54) is 9.13 Å². The van der Waals surface area contributed by atoms with Gasteiger partial charge < -0.3 is 9.88 Å². The van der Waals surface area contributed by atoms with E-state index in [-0.39, 0.29) is 18.0 Å². The molecule has 0 saturated heterocycles. The third kappa shape index (κ3) is 3.14. The first-order valence-electron chi connectivity index (χ1n) is 6.12. The smallest absolute Gasteiger partial charge is 0.326 e. The predicted molar refractivity (Wildman–Crippen MR) is 74.1 cm³/mol. The molecule has 1 heterocycles. The number of nitrogens with one attached hydrogen (secondary N) is 1. The summed E-state index contributed by atoms with van der Waals surface area (Å²) >= 11 is 0. The van der Waals surface area contributed by atoms with Gasteiger partial charge in [0, 0.05) is 38.1 Å². The molecule has 0 aliphatic rings. The van der Waals surface area contributed by atoms with E-state index in [0.717, 1.165) is 0 Å². The van der Waals surface area contributed by atoms with Crippen molar-refractivity contribution in [3.8, 4) is 6.07 Å². The van der Waals surface area contributed by atoms with Gasteiger partial charge in [-0.05, 0) is 24.3 Å². The van der Waals surface area contributed by atoms with E-state index < -0.39 is 0 Å². The molecule has 0 aliphatic heterocycles. The van der Waals surface area contributed by atoms with Crippen LogP contribution in [0.4, 0.5) is 5.69 Å². The van der Waals surface area contributed by atoms with Crippen molar-refractivity contribution in [2.24, 2.45) is 7.05 Å². The van der Waals surface area contributed by atoms with Crippen LogP contribution in [0, 0.1) is 11.3 Å². The highest BCUT2D eigenvalue weighted by molar-refractivity contribution is 5.90. The van der Waals surface area contributed by atoms with Crippen molar-refractivity contribution in [2.45, 2.75) is 13.0 Å². The Kier molecular flexibility index (Phi) is 4.01. The average molecular weight is 270 g/mol. The number of benzene rings is 1. The monoisotopic (exact) mass is 270 g/mol. The van der Waals surface area contributed by atoms with Crippen LogP contribution in [0.5, 0.6) is 0 Å². The Morgan fingerprint density at radius 3 is 2.55 bits per heavy atom. The minimum atomic E-state index is -0.175. The maximum Gasteiger partial charge on any atom is 0.327 e. The lowest BCUT2D eigenvalue weighted by molar-refractivity contribution is -0.116. The van der Waals surface area contributed by atoms with Gasteiger partial charge in [-0.1, -0.05) is 0 Å². The topological polar surface area (TPSA) is 79.8 Å². The summed E-state index contributed by atoms with van der Waals surface area (Å²) in [4.78, 5) is 23.3. The van der Waals surface area contributed by atoms with Crippen LogP contribution in [-0.4, -0.2) is 15.0 Å². The van der Waals surface area contributed by atoms with Gasteiger partial charge in [0.2, 0.25) is 5.91 Å². The van der Waals surface area contributed by atoms with E-state index in [9.17, 15) is 9.59 Å². The van der Waals surface area contributed by atoms with Crippen molar-refractivity contribution in [1.29, 1.82) is 5.26 Å². The third-order valence-electron chi connectivity index (χ3n) is 2.90. The molecule has 1 aromatic carbocycles. The van der Waals surface area contributed by atoms with Gasteiger partial charge >= 0.3 is 5.69 Å². The van der Waals surface area contributed by atoms with Crippen LogP contribution in [0.1, 0.15) is 12.0 Å². The molecular weight excluding hydrogens is 256 g/mol. The van der Waals surface area contributed by atoms with E-state index in [4.69, 9.17) is 5.26 Å². The van der Waals surface area contributed by atoms with Crippen LogP contribution in [0.15, 0.2) is 41.5 Å². The molecule has 2 aromatic rings. The number of carbonyl (C=O) groups excluding carboxylic acids is 1. The molecule has 2 rings (SSSR count). The molecule has 1 amide bonds. The quantitative estimate of drug-likeness (QED) is 0.903. The second kappa shape index (κ2) is 5.89. The van der Waals surface area contributed by atoms with Gasteiger partial charge in [-0.2, -0.15) is 5.26 Å². The Bertz CT molecular complexity index is 704. The van der Waals surface area contributed by atoms with Crippen LogP contribution < -0.4 is 11.0 Å². The molecule has 6 nitrogen and oxygen atoms in total. The molecule has 0 radical (unpaired) electrons. The number of carbonyl (C=O) groups is 1. The van der Waals surface area contributed by atoms with Gasteiger partial charge in [-0.15, -0.1) is 0 Å². The van der Waals surface area contributed by atoms with Gasteiger partial charge in [-0.3, -0.25) is 9.36 Å². The second-order valence-electron chi connectivity index (χ2n) is 4.37. The first-order valence-corrected chi connectivity index (χ1v) is 6.12. The van der Waals surface area contributed by atoms with Crippen LogP contribution >= 0.6 is 0 Å². The van der Waals surface area contributed by atoms with Crippen molar-refractivity contribution >= 4 is 11.6 Å². The molecule has 1 N–H and O–H groups in total. The summed E-state index contributed by atoms with van der Waals surface area (Å²) in [6.07, 6.45) is 3.52. The summed E-state index contributed by atoms with van der Waals surface area (Å²) in [7, 11) is 1.66. The maximum atomic E-state index is 11.8. The summed E-state index contributed by atoms with van der Waals surface area (Å²) in [5.74, 6) is -0.175. The molecule has 102 valence electrons. The zero-order valence-corrected chi connectivity index (χ0v) is 11.0. The normalized spacial score (nSPS) is 10.0. The van der Waals surface area contributed by atoms with Gasteiger partial charge in [-0.25, -0.2) is 4.79 Å². The highest BCUT2D eigenvalue weighted by Crippen LogP contribution is 2.09. The molecule has 0 bridgehead atoms. The number of anilines is 1. The molecule has 0 saturated carbocycles.